The van der Waals surface area contributed by atoms with Gasteiger partial charge in [0.15, 0.2) is 0 Å². The minimum Gasteiger partial charge on any atom is -0.354 e. The predicted octanol–water partition coefficient (Wildman–Crippen LogP) is 7.26. The van der Waals surface area contributed by atoms with Gasteiger partial charge in [0.2, 0.25) is 11.8 Å². The van der Waals surface area contributed by atoms with Crippen molar-refractivity contribution in [3.05, 3.63) is 67.6 Å². The van der Waals surface area contributed by atoms with E-state index in [0.717, 1.165) is 18.4 Å². The normalized spacial score (nSPS) is 11.8. The van der Waals surface area contributed by atoms with Crippen molar-refractivity contribution in [1.82, 2.24) is 10.2 Å². The molecule has 0 saturated carbocycles. The van der Waals surface area contributed by atoms with Gasteiger partial charge in [0.05, 0.1) is 5.75 Å². The molecule has 2 aromatic rings. The van der Waals surface area contributed by atoms with E-state index in [9.17, 15) is 9.59 Å². The van der Waals surface area contributed by atoms with E-state index >= 15 is 0 Å². The Morgan fingerprint density at radius 2 is 1.48 bits per heavy atom. The molecule has 0 aromatic heterocycles. The average Bonchev–Trinajstić information content (AvgIpc) is 2.77. The van der Waals surface area contributed by atoms with E-state index in [1.807, 2.05) is 6.92 Å². The molecule has 0 aliphatic carbocycles. The molecule has 4 nitrogen and oxygen atoms in total. The van der Waals surface area contributed by atoms with E-state index in [-0.39, 0.29) is 24.1 Å². The summed E-state index contributed by atoms with van der Waals surface area (Å²) in [6.07, 6.45) is 2.31. The summed E-state index contributed by atoms with van der Waals surface area (Å²) in [5.41, 5.74) is 1.40. The molecule has 0 spiro atoms. The average molecular weight is 550 g/mol. The first kappa shape index (κ1) is 28.1. The second kappa shape index (κ2) is 14.3. The van der Waals surface area contributed by atoms with Gasteiger partial charge in [0.25, 0.3) is 0 Å². The molecule has 1 unspecified atom stereocenters. The van der Waals surface area contributed by atoms with Gasteiger partial charge in [-0.1, -0.05) is 78.8 Å². The summed E-state index contributed by atoms with van der Waals surface area (Å²) < 4.78 is 0. The minimum absolute atomic E-state index is 0.143. The van der Waals surface area contributed by atoms with Gasteiger partial charge in [-0.2, -0.15) is 0 Å². The SMILES string of the molecule is CCCCNC(=O)C(CC)N(Cc1c(Cl)cccc1Cl)C(=O)CSCc1c(Cl)cccc1Cl. The van der Waals surface area contributed by atoms with Crippen molar-refractivity contribution >= 4 is 70.0 Å². The summed E-state index contributed by atoms with van der Waals surface area (Å²) in [6, 6.07) is 9.88. The second-order valence-electron chi connectivity index (χ2n) is 7.48. The van der Waals surface area contributed by atoms with Crippen LogP contribution in [0.5, 0.6) is 0 Å². The van der Waals surface area contributed by atoms with E-state index < -0.39 is 6.04 Å². The Morgan fingerprint density at radius 3 is 2.00 bits per heavy atom. The van der Waals surface area contributed by atoms with Crippen LogP contribution in [0, 0.1) is 0 Å². The van der Waals surface area contributed by atoms with Gasteiger partial charge in [-0.05, 0) is 42.7 Å². The first-order chi connectivity index (χ1) is 15.8. The number of nitrogens with zero attached hydrogens (tertiary/aromatic N) is 1. The molecular weight excluding hydrogens is 522 g/mol. The van der Waals surface area contributed by atoms with Crippen molar-refractivity contribution in [2.24, 2.45) is 0 Å². The highest BCUT2D eigenvalue weighted by atomic mass is 35.5. The Labute approximate surface area is 220 Å². The van der Waals surface area contributed by atoms with Crippen LogP contribution in [0.25, 0.3) is 0 Å². The zero-order valence-electron chi connectivity index (χ0n) is 18.7. The van der Waals surface area contributed by atoms with Gasteiger partial charge in [-0.25, -0.2) is 0 Å². The molecule has 1 N–H and O–H groups in total. The number of carbonyl (C=O) groups excluding carboxylic acids is 2. The van der Waals surface area contributed by atoms with Gasteiger partial charge in [0.1, 0.15) is 6.04 Å². The first-order valence-electron chi connectivity index (χ1n) is 10.8. The third-order valence-corrected chi connectivity index (χ3v) is 7.50. The third kappa shape index (κ3) is 8.25. The molecule has 0 aliphatic rings. The molecule has 0 heterocycles. The molecule has 9 heteroatoms. The molecule has 2 amide bonds. The number of benzene rings is 2. The van der Waals surface area contributed by atoms with Gasteiger partial charge in [-0.3, -0.25) is 9.59 Å². The number of nitrogens with one attached hydrogen (secondary N) is 1. The maximum atomic E-state index is 13.3. The lowest BCUT2D eigenvalue weighted by atomic mass is 10.1. The highest BCUT2D eigenvalue weighted by molar-refractivity contribution is 7.99. The van der Waals surface area contributed by atoms with Gasteiger partial charge >= 0.3 is 0 Å². The molecule has 0 saturated heterocycles. The highest BCUT2D eigenvalue weighted by Crippen LogP contribution is 2.30. The van der Waals surface area contributed by atoms with Gasteiger partial charge in [-0.15, -0.1) is 11.8 Å². The number of carbonyl (C=O) groups is 2. The lowest BCUT2D eigenvalue weighted by Gasteiger charge is -2.31. The van der Waals surface area contributed by atoms with Crippen LogP contribution in [0.15, 0.2) is 36.4 Å². The number of hydrogen-bond acceptors (Lipinski definition) is 3. The number of rotatable bonds is 12. The van der Waals surface area contributed by atoms with E-state index in [1.54, 1.807) is 41.3 Å². The Kier molecular flexibility index (Phi) is 12.2. The smallest absolute Gasteiger partial charge is 0.242 e. The Hall–Kier alpha value is -1.11. The Balaban J connectivity index is 2.21. The fraction of sp³-hybridized carbons (Fsp3) is 0.417. The molecule has 180 valence electrons. The fourth-order valence-corrected chi connectivity index (χ4v) is 5.44. The van der Waals surface area contributed by atoms with Crippen LogP contribution in [0.2, 0.25) is 20.1 Å². The molecule has 0 bridgehead atoms. The molecule has 0 fully saturated rings. The molecule has 33 heavy (non-hydrogen) atoms. The largest absolute Gasteiger partial charge is 0.354 e. The number of thioether (sulfide) groups is 1. The van der Waals surface area contributed by atoms with Crippen molar-refractivity contribution in [3.63, 3.8) is 0 Å². The molecule has 0 aliphatic heterocycles. The third-order valence-electron chi connectivity index (χ3n) is 5.14. The molecule has 1 atom stereocenters. The van der Waals surface area contributed by atoms with Crippen LogP contribution < -0.4 is 5.32 Å². The van der Waals surface area contributed by atoms with Gasteiger partial charge < -0.3 is 10.2 Å². The maximum Gasteiger partial charge on any atom is 0.242 e. The number of amides is 2. The van der Waals surface area contributed by atoms with E-state index in [4.69, 9.17) is 46.4 Å². The molecular formula is C24H28Cl4N2O2S. The van der Waals surface area contributed by atoms with Crippen LogP contribution in [-0.2, 0) is 21.9 Å². The summed E-state index contributed by atoms with van der Waals surface area (Å²) in [7, 11) is 0. The lowest BCUT2D eigenvalue weighted by Crippen LogP contribution is -2.49. The topological polar surface area (TPSA) is 49.4 Å². The Bertz CT molecular complexity index is 918. The number of unbranched alkanes of at least 4 members (excludes halogenated alkanes) is 1. The van der Waals surface area contributed by atoms with Crippen molar-refractivity contribution < 1.29 is 9.59 Å². The standard InChI is InChI=1S/C24H28Cl4N2O2S/c1-3-5-12-29-24(32)22(4-2)30(13-16-18(25)8-6-9-19(16)26)23(31)15-33-14-17-20(27)10-7-11-21(17)28/h6-11,22H,3-5,12-15H2,1-2H3,(H,29,32). The van der Waals surface area contributed by atoms with E-state index in [2.05, 4.69) is 12.2 Å². The maximum absolute atomic E-state index is 13.3. The van der Waals surface area contributed by atoms with Gasteiger partial charge in [0, 0.05) is 44.5 Å². The summed E-state index contributed by atoms with van der Waals surface area (Å²) >= 11 is 26.6. The summed E-state index contributed by atoms with van der Waals surface area (Å²) in [4.78, 5) is 27.8. The van der Waals surface area contributed by atoms with Crippen LogP contribution >= 0.6 is 58.2 Å². The van der Waals surface area contributed by atoms with Crippen LogP contribution in [0.4, 0.5) is 0 Å². The first-order valence-corrected chi connectivity index (χ1v) is 13.5. The fourth-order valence-electron chi connectivity index (χ4n) is 3.27. The van der Waals surface area contributed by atoms with Crippen LogP contribution in [-0.4, -0.2) is 35.1 Å². The van der Waals surface area contributed by atoms with Crippen LogP contribution in [0.3, 0.4) is 0 Å². The number of hydrogen-bond donors (Lipinski definition) is 1. The van der Waals surface area contributed by atoms with Crippen molar-refractivity contribution in [3.8, 4) is 0 Å². The summed E-state index contributed by atoms with van der Waals surface area (Å²) in [5, 5.41) is 4.97. The predicted molar refractivity (Wildman–Crippen MR) is 142 cm³/mol. The summed E-state index contributed by atoms with van der Waals surface area (Å²) in [5.74, 6) is 0.269. The number of halogens is 4. The zero-order chi connectivity index (χ0) is 24.4. The highest BCUT2D eigenvalue weighted by Gasteiger charge is 2.29. The second-order valence-corrected chi connectivity index (χ2v) is 10.1. The Morgan fingerprint density at radius 1 is 0.939 bits per heavy atom. The van der Waals surface area contributed by atoms with Crippen molar-refractivity contribution in [1.29, 1.82) is 0 Å². The molecule has 0 radical (unpaired) electrons. The van der Waals surface area contributed by atoms with E-state index in [0.29, 0.717) is 44.4 Å². The molecule has 2 rings (SSSR count). The van der Waals surface area contributed by atoms with E-state index in [1.165, 1.54) is 11.8 Å². The monoisotopic (exact) mass is 548 g/mol. The van der Waals surface area contributed by atoms with Crippen molar-refractivity contribution in [2.75, 3.05) is 12.3 Å². The lowest BCUT2D eigenvalue weighted by molar-refractivity contribution is -0.139. The molecule has 2 aromatic carbocycles. The van der Waals surface area contributed by atoms with Crippen LogP contribution in [0.1, 0.15) is 44.2 Å². The quantitative estimate of drug-likeness (QED) is 0.283. The minimum atomic E-state index is -0.633. The zero-order valence-corrected chi connectivity index (χ0v) is 22.5. The van der Waals surface area contributed by atoms with Crippen molar-refractivity contribution in [2.45, 2.75) is 51.4 Å². The summed E-state index contributed by atoms with van der Waals surface area (Å²) in [6.45, 7) is 4.65.